The highest BCUT2D eigenvalue weighted by molar-refractivity contribution is 8.34. The number of rotatable bonds is 9. The lowest BCUT2D eigenvalue weighted by Gasteiger charge is -2.32. The van der Waals surface area contributed by atoms with Crippen LogP contribution in [-0.2, 0) is 44.6 Å². The van der Waals surface area contributed by atoms with E-state index in [1.165, 1.54) is 19.9 Å². The van der Waals surface area contributed by atoms with E-state index in [0.29, 0.717) is 23.5 Å². The van der Waals surface area contributed by atoms with Crippen molar-refractivity contribution in [3.05, 3.63) is 33.7 Å². The zero-order chi connectivity index (χ0) is 23.9. The molecule has 31 heavy (non-hydrogen) atoms. The Labute approximate surface area is 191 Å². The third-order valence-corrected chi connectivity index (χ3v) is 6.40. The molecule has 1 unspecified atom stereocenters. The first-order chi connectivity index (χ1) is 14.3. The maximum absolute atomic E-state index is 12.8. The Kier molecular flexibility index (Phi) is 10.1. The van der Waals surface area contributed by atoms with Crippen LogP contribution in [0.4, 0.5) is 0 Å². The van der Waals surface area contributed by atoms with Gasteiger partial charge in [0, 0.05) is 25.0 Å². The van der Waals surface area contributed by atoms with Crippen molar-refractivity contribution >= 4 is 62.8 Å². The molecular weight excluding hydrogens is 466 g/mol. The van der Waals surface area contributed by atoms with Crippen LogP contribution in [-0.4, -0.2) is 50.1 Å². The van der Waals surface area contributed by atoms with E-state index in [4.69, 9.17) is 9.47 Å². The third-order valence-electron chi connectivity index (χ3n) is 3.27. The summed E-state index contributed by atoms with van der Waals surface area (Å²) in [5.41, 5.74) is -1.29. The zero-order valence-electron chi connectivity index (χ0n) is 17.7. The fraction of sp³-hybridized carbons (Fsp3) is 0.421. The predicted molar refractivity (Wildman–Crippen MR) is 118 cm³/mol. The Hall–Kier alpha value is -2.02. The molecule has 1 amide bonds. The second kappa shape index (κ2) is 11.6. The van der Waals surface area contributed by atoms with Crippen molar-refractivity contribution in [1.82, 2.24) is 4.90 Å². The van der Waals surface area contributed by atoms with Gasteiger partial charge in [0.15, 0.2) is 15.9 Å². The summed E-state index contributed by atoms with van der Waals surface area (Å²) in [6.45, 7) is 9.98. The maximum Gasteiger partial charge on any atom is 0.360 e. The normalized spacial score (nSPS) is 14.1. The highest BCUT2D eigenvalue weighted by atomic mass is 32.2. The van der Waals surface area contributed by atoms with E-state index >= 15 is 0 Å². The van der Waals surface area contributed by atoms with Gasteiger partial charge >= 0.3 is 11.9 Å². The number of amides is 1. The number of nitrogens with zero attached hydrogens (tertiary/aromatic N) is 1. The van der Waals surface area contributed by atoms with Crippen molar-refractivity contribution in [3.8, 4) is 0 Å². The molecule has 12 heteroatoms. The summed E-state index contributed by atoms with van der Waals surface area (Å²) in [7, 11) is 0. The van der Waals surface area contributed by atoms with Gasteiger partial charge in [-0.25, -0.2) is 9.69 Å². The van der Waals surface area contributed by atoms with Gasteiger partial charge in [0.05, 0.1) is 15.7 Å². The number of esters is 2. The monoisotopic (exact) mass is 489 g/mol. The van der Waals surface area contributed by atoms with Crippen molar-refractivity contribution in [2.24, 2.45) is 5.41 Å². The van der Waals surface area contributed by atoms with Gasteiger partial charge in [-0.3, -0.25) is 19.2 Å². The van der Waals surface area contributed by atoms with Gasteiger partial charge in [-0.2, -0.15) is 0 Å². The largest absolute Gasteiger partial charge is 0.610 e. The van der Waals surface area contributed by atoms with Crippen molar-refractivity contribution in [3.63, 3.8) is 0 Å². The molecule has 0 radical (unpaired) electrons. The highest BCUT2D eigenvalue weighted by Crippen LogP contribution is 2.39. The van der Waals surface area contributed by atoms with E-state index in [1.54, 1.807) is 20.8 Å². The standard InChI is InChI=1S/C19H23NO8S3/c1-7-8-31(26)14-9-13(23)20(14)15(17(29-11(2)21)30-12(3)22)16(24)27-10-28-18(25)19(4,5)6/h7,9H,1,8,10H2,2-6H3. The quantitative estimate of drug-likeness (QED) is 0.156. The Morgan fingerprint density at radius 2 is 1.71 bits per heavy atom. The molecule has 0 fully saturated rings. The molecule has 0 N–H and O–H groups in total. The number of thioether (sulfide) groups is 2. The molecule has 0 aromatic rings. The first-order valence-electron chi connectivity index (χ1n) is 8.80. The maximum atomic E-state index is 12.8. The lowest BCUT2D eigenvalue weighted by Crippen LogP contribution is -2.44. The van der Waals surface area contributed by atoms with Gasteiger partial charge in [-0.05, 0) is 50.4 Å². The van der Waals surface area contributed by atoms with Crippen LogP contribution in [0.1, 0.15) is 34.6 Å². The minimum absolute atomic E-state index is 0.00524. The van der Waals surface area contributed by atoms with E-state index in [0.717, 1.165) is 11.0 Å². The van der Waals surface area contributed by atoms with E-state index in [2.05, 4.69) is 6.58 Å². The summed E-state index contributed by atoms with van der Waals surface area (Å²) in [6, 6.07) is 0. The molecule has 9 nitrogen and oxygen atoms in total. The minimum atomic E-state index is -1.70. The van der Waals surface area contributed by atoms with Gasteiger partial charge in [-0.1, -0.05) is 6.58 Å². The molecule has 0 spiro atoms. The van der Waals surface area contributed by atoms with Crippen LogP contribution in [0, 0.1) is 5.41 Å². The molecule has 0 aromatic heterocycles. The first kappa shape index (κ1) is 27.0. The van der Waals surface area contributed by atoms with Gasteiger partial charge in [0.25, 0.3) is 5.91 Å². The molecule has 0 bridgehead atoms. The Morgan fingerprint density at radius 3 is 2.13 bits per heavy atom. The van der Waals surface area contributed by atoms with Crippen LogP contribution >= 0.6 is 23.5 Å². The van der Waals surface area contributed by atoms with E-state index in [-0.39, 0.29) is 15.0 Å². The van der Waals surface area contributed by atoms with Crippen LogP contribution in [0.5, 0.6) is 0 Å². The van der Waals surface area contributed by atoms with Crippen LogP contribution < -0.4 is 0 Å². The summed E-state index contributed by atoms with van der Waals surface area (Å²) in [6.07, 6.45) is 2.45. The Morgan fingerprint density at radius 1 is 1.16 bits per heavy atom. The number of carbonyl (C=O) groups is 5. The molecule has 0 aromatic carbocycles. The molecule has 0 saturated heterocycles. The van der Waals surface area contributed by atoms with E-state index in [1.807, 2.05) is 0 Å². The smallest absolute Gasteiger partial charge is 0.360 e. The summed E-state index contributed by atoms with van der Waals surface area (Å²) in [5, 5.41) is -0.924. The number of carbonyl (C=O) groups excluding carboxylic acids is 5. The molecule has 1 heterocycles. The lowest BCUT2D eigenvalue weighted by atomic mass is 9.98. The zero-order valence-corrected chi connectivity index (χ0v) is 20.2. The number of hydrogen-bond acceptors (Lipinski definition) is 10. The molecule has 170 valence electrons. The highest BCUT2D eigenvalue weighted by Gasteiger charge is 2.43. The second-order valence-corrected chi connectivity index (χ2v) is 11.1. The molecule has 0 aliphatic carbocycles. The average molecular weight is 490 g/mol. The number of hydrogen-bond donors (Lipinski definition) is 0. The van der Waals surface area contributed by atoms with Gasteiger partial charge in [0.2, 0.25) is 11.8 Å². The molecule has 1 aliphatic rings. The minimum Gasteiger partial charge on any atom is -0.610 e. The molecular formula is C19H23NO8S3. The van der Waals surface area contributed by atoms with Crippen molar-refractivity contribution < 1.29 is 38.0 Å². The summed E-state index contributed by atoms with van der Waals surface area (Å²) < 4.78 is 22.1. The van der Waals surface area contributed by atoms with Crippen LogP contribution in [0.2, 0.25) is 0 Å². The first-order valence-corrected chi connectivity index (χ1v) is 11.7. The van der Waals surface area contributed by atoms with Gasteiger partial charge < -0.3 is 14.0 Å². The van der Waals surface area contributed by atoms with Crippen LogP contribution in [0.15, 0.2) is 33.7 Å². The summed E-state index contributed by atoms with van der Waals surface area (Å²) in [4.78, 5) is 61.2. The van der Waals surface area contributed by atoms with Gasteiger partial charge in [-0.15, -0.1) is 0 Å². The molecule has 1 atom stereocenters. The summed E-state index contributed by atoms with van der Waals surface area (Å²) in [5.74, 6) is -2.43. The SMILES string of the molecule is C=CC[S+]([O-])C1=CC(=O)N1C(C(=O)OCOC(=O)C(C)(C)C)=C(SC(C)=O)SC(C)=O. The van der Waals surface area contributed by atoms with Crippen molar-refractivity contribution in [2.75, 3.05) is 12.5 Å². The van der Waals surface area contributed by atoms with Crippen molar-refractivity contribution in [2.45, 2.75) is 34.6 Å². The average Bonchev–Trinajstić information content (AvgIpc) is 2.61. The Bertz CT molecular complexity index is 839. The van der Waals surface area contributed by atoms with Crippen molar-refractivity contribution in [1.29, 1.82) is 0 Å². The fourth-order valence-corrected chi connectivity index (χ4v) is 4.86. The fourth-order valence-electron chi connectivity index (χ4n) is 1.92. The predicted octanol–water partition coefficient (Wildman–Crippen LogP) is 2.42. The van der Waals surface area contributed by atoms with Crippen LogP contribution in [0.3, 0.4) is 0 Å². The molecule has 0 saturated carbocycles. The molecule has 1 aliphatic heterocycles. The van der Waals surface area contributed by atoms with Crippen LogP contribution in [0.25, 0.3) is 0 Å². The number of ether oxygens (including phenoxy) is 2. The molecule has 1 rings (SSSR count). The van der Waals surface area contributed by atoms with E-state index in [9.17, 15) is 28.5 Å². The van der Waals surface area contributed by atoms with E-state index < -0.39 is 57.2 Å². The lowest BCUT2D eigenvalue weighted by molar-refractivity contribution is -0.172. The second-order valence-electron chi connectivity index (χ2n) is 7.01. The summed E-state index contributed by atoms with van der Waals surface area (Å²) >= 11 is -0.602. The van der Waals surface area contributed by atoms with Gasteiger partial charge in [0.1, 0.15) is 5.75 Å². The third kappa shape index (κ3) is 7.87. The topological polar surface area (TPSA) is 130 Å². The Balaban J connectivity index is 3.30.